The molecular weight excluding hydrogens is 384 g/mol. The summed E-state index contributed by atoms with van der Waals surface area (Å²) in [6, 6.07) is 15.3. The highest BCUT2D eigenvalue weighted by molar-refractivity contribution is 5.72. The number of rotatable bonds is 5. The Morgan fingerprint density at radius 1 is 0.967 bits per heavy atom. The van der Waals surface area contributed by atoms with E-state index in [1.807, 2.05) is 55.5 Å². The van der Waals surface area contributed by atoms with Gasteiger partial charge in [0.1, 0.15) is 11.5 Å². The zero-order chi connectivity index (χ0) is 21.4. The highest BCUT2D eigenvalue weighted by Crippen LogP contribution is 2.26. The SMILES string of the molecule is COc1cccc(Cn2c(Oc3ccc(C)cc3)nc3c2c(=O)n(C)c(=O)n3C)c1. The molecule has 2 aromatic heterocycles. The Hall–Kier alpha value is -3.81. The maximum Gasteiger partial charge on any atom is 0.332 e. The van der Waals surface area contributed by atoms with Crippen LogP contribution in [0.1, 0.15) is 11.1 Å². The third kappa shape index (κ3) is 3.36. The highest BCUT2D eigenvalue weighted by atomic mass is 16.5. The fourth-order valence-corrected chi connectivity index (χ4v) is 3.32. The number of benzene rings is 2. The van der Waals surface area contributed by atoms with Crippen LogP contribution in [0, 0.1) is 6.92 Å². The van der Waals surface area contributed by atoms with Crippen LogP contribution >= 0.6 is 0 Å². The summed E-state index contributed by atoms with van der Waals surface area (Å²) < 4.78 is 15.4. The molecule has 0 aliphatic heterocycles. The molecule has 2 heterocycles. The van der Waals surface area contributed by atoms with Crippen LogP contribution < -0.4 is 20.7 Å². The average Bonchev–Trinajstić information content (AvgIpc) is 3.10. The van der Waals surface area contributed by atoms with Crippen molar-refractivity contribution in [2.45, 2.75) is 13.5 Å². The summed E-state index contributed by atoms with van der Waals surface area (Å²) in [6.45, 7) is 2.31. The van der Waals surface area contributed by atoms with Gasteiger partial charge in [-0.3, -0.25) is 18.5 Å². The lowest BCUT2D eigenvalue weighted by molar-refractivity contribution is 0.412. The highest BCUT2D eigenvalue weighted by Gasteiger charge is 2.21. The molecule has 0 N–H and O–H groups in total. The van der Waals surface area contributed by atoms with Gasteiger partial charge in [0.05, 0.1) is 13.7 Å². The van der Waals surface area contributed by atoms with E-state index in [0.29, 0.717) is 23.6 Å². The Balaban J connectivity index is 1.92. The van der Waals surface area contributed by atoms with E-state index < -0.39 is 11.2 Å². The van der Waals surface area contributed by atoms with Gasteiger partial charge in [-0.05, 0) is 36.8 Å². The molecular formula is C22H22N4O4. The molecule has 2 aromatic carbocycles. The van der Waals surface area contributed by atoms with E-state index in [4.69, 9.17) is 9.47 Å². The predicted molar refractivity (Wildman–Crippen MR) is 114 cm³/mol. The van der Waals surface area contributed by atoms with Gasteiger partial charge in [0, 0.05) is 14.1 Å². The topological polar surface area (TPSA) is 80.3 Å². The summed E-state index contributed by atoms with van der Waals surface area (Å²) in [7, 11) is 4.64. The lowest BCUT2D eigenvalue weighted by atomic mass is 10.2. The zero-order valence-electron chi connectivity index (χ0n) is 17.2. The predicted octanol–water partition coefficient (Wildman–Crippen LogP) is 2.59. The molecule has 8 nitrogen and oxygen atoms in total. The molecule has 0 aliphatic rings. The molecule has 0 bridgehead atoms. The van der Waals surface area contributed by atoms with Crippen molar-refractivity contribution in [2.75, 3.05) is 7.11 Å². The van der Waals surface area contributed by atoms with Crippen molar-refractivity contribution in [2.24, 2.45) is 14.1 Å². The minimum absolute atomic E-state index is 0.231. The van der Waals surface area contributed by atoms with Gasteiger partial charge >= 0.3 is 11.7 Å². The standard InChI is InChI=1S/C22H22N4O4/c1-14-8-10-16(11-9-14)30-21-23-19-18(20(27)25(3)22(28)24(19)2)26(21)13-15-6-5-7-17(12-15)29-4/h5-12H,13H2,1-4H3. The molecule has 0 saturated carbocycles. The lowest BCUT2D eigenvalue weighted by Crippen LogP contribution is -2.37. The van der Waals surface area contributed by atoms with Gasteiger partial charge in [-0.15, -0.1) is 0 Å². The summed E-state index contributed by atoms with van der Waals surface area (Å²) in [6.07, 6.45) is 0. The second kappa shape index (κ2) is 7.55. The molecule has 4 aromatic rings. The van der Waals surface area contributed by atoms with Crippen molar-refractivity contribution >= 4 is 11.2 Å². The fraction of sp³-hybridized carbons (Fsp3) is 0.227. The molecule has 0 amide bonds. The Morgan fingerprint density at radius 3 is 2.40 bits per heavy atom. The van der Waals surface area contributed by atoms with Crippen molar-refractivity contribution in [1.29, 1.82) is 0 Å². The first-order chi connectivity index (χ1) is 14.4. The molecule has 154 valence electrons. The van der Waals surface area contributed by atoms with E-state index in [1.165, 1.54) is 11.6 Å². The molecule has 0 atom stereocenters. The summed E-state index contributed by atoms with van der Waals surface area (Å²) >= 11 is 0. The van der Waals surface area contributed by atoms with Crippen molar-refractivity contribution < 1.29 is 9.47 Å². The van der Waals surface area contributed by atoms with Crippen LogP contribution in [-0.2, 0) is 20.6 Å². The van der Waals surface area contributed by atoms with Crippen LogP contribution in [0.2, 0.25) is 0 Å². The van der Waals surface area contributed by atoms with E-state index in [9.17, 15) is 9.59 Å². The van der Waals surface area contributed by atoms with Crippen molar-refractivity contribution in [1.82, 2.24) is 18.7 Å². The number of nitrogens with zero attached hydrogens (tertiary/aromatic N) is 4. The second-order valence-electron chi connectivity index (χ2n) is 7.13. The van der Waals surface area contributed by atoms with Gasteiger partial charge in [-0.25, -0.2) is 4.79 Å². The van der Waals surface area contributed by atoms with Gasteiger partial charge in [-0.2, -0.15) is 4.98 Å². The summed E-state index contributed by atoms with van der Waals surface area (Å²) in [5.74, 6) is 1.29. The smallest absolute Gasteiger partial charge is 0.332 e. The second-order valence-corrected chi connectivity index (χ2v) is 7.13. The maximum atomic E-state index is 13.0. The van der Waals surface area contributed by atoms with Crippen LogP contribution in [0.4, 0.5) is 0 Å². The van der Waals surface area contributed by atoms with Crippen LogP contribution in [0.3, 0.4) is 0 Å². The van der Waals surface area contributed by atoms with Crippen LogP contribution in [0.15, 0.2) is 58.1 Å². The van der Waals surface area contributed by atoms with E-state index in [-0.39, 0.29) is 11.7 Å². The molecule has 0 fully saturated rings. The lowest BCUT2D eigenvalue weighted by Gasteiger charge is -2.11. The fourth-order valence-electron chi connectivity index (χ4n) is 3.32. The molecule has 0 unspecified atom stereocenters. The summed E-state index contributed by atoms with van der Waals surface area (Å²) in [5.41, 5.74) is 1.70. The molecule has 4 rings (SSSR count). The monoisotopic (exact) mass is 406 g/mol. The van der Waals surface area contributed by atoms with Gasteiger partial charge in [0.15, 0.2) is 11.2 Å². The van der Waals surface area contributed by atoms with Crippen LogP contribution in [-0.4, -0.2) is 25.8 Å². The van der Waals surface area contributed by atoms with Crippen molar-refractivity contribution in [3.63, 3.8) is 0 Å². The number of fused-ring (bicyclic) bond motifs is 1. The Kier molecular flexibility index (Phi) is 4.91. The number of aryl methyl sites for hydroxylation is 2. The van der Waals surface area contributed by atoms with E-state index in [0.717, 1.165) is 15.7 Å². The number of imidazole rings is 1. The van der Waals surface area contributed by atoms with Gasteiger partial charge in [0.25, 0.3) is 5.56 Å². The van der Waals surface area contributed by atoms with Crippen LogP contribution in [0.5, 0.6) is 17.5 Å². The van der Waals surface area contributed by atoms with Gasteiger partial charge in [-0.1, -0.05) is 29.8 Å². The quantitative estimate of drug-likeness (QED) is 0.509. The summed E-state index contributed by atoms with van der Waals surface area (Å²) in [5, 5.41) is 0. The number of methoxy groups -OCH3 is 1. The first-order valence-electron chi connectivity index (χ1n) is 9.42. The minimum Gasteiger partial charge on any atom is -0.497 e. The number of aromatic nitrogens is 4. The largest absolute Gasteiger partial charge is 0.497 e. The zero-order valence-corrected chi connectivity index (χ0v) is 17.2. The number of hydrogen-bond donors (Lipinski definition) is 0. The Morgan fingerprint density at radius 2 is 1.70 bits per heavy atom. The maximum absolute atomic E-state index is 13.0. The normalized spacial score (nSPS) is 11.1. The molecule has 0 spiro atoms. The number of ether oxygens (including phenoxy) is 2. The molecule has 0 radical (unpaired) electrons. The Bertz CT molecular complexity index is 1350. The molecule has 0 saturated heterocycles. The van der Waals surface area contributed by atoms with E-state index >= 15 is 0 Å². The molecule has 8 heteroatoms. The third-order valence-corrected chi connectivity index (χ3v) is 5.02. The molecule has 30 heavy (non-hydrogen) atoms. The van der Waals surface area contributed by atoms with E-state index in [1.54, 1.807) is 18.7 Å². The van der Waals surface area contributed by atoms with Gasteiger partial charge in [0.2, 0.25) is 0 Å². The van der Waals surface area contributed by atoms with Gasteiger partial charge < -0.3 is 9.47 Å². The van der Waals surface area contributed by atoms with E-state index in [2.05, 4.69) is 4.98 Å². The first-order valence-corrected chi connectivity index (χ1v) is 9.42. The average molecular weight is 406 g/mol. The number of hydrogen-bond acceptors (Lipinski definition) is 5. The first kappa shape index (κ1) is 19.5. The van der Waals surface area contributed by atoms with Crippen LogP contribution in [0.25, 0.3) is 11.2 Å². The minimum atomic E-state index is -0.444. The van der Waals surface area contributed by atoms with Crippen molar-refractivity contribution in [3.05, 3.63) is 80.5 Å². The van der Waals surface area contributed by atoms with Crippen molar-refractivity contribution in [3.8, 4) is 17.5 Å². The third-order valence-electron chi connectivity index (χ3n) is 5.02. The molecule has 0 aliphatic carbocycles. The summed E-state index contributed by atoms with van der Waals surface area (Å²) in [4.78, 5) is 29.8. The Labute approximate surface area is 172 Å².